The van der Waals surface area contributed by atoms with E-state index in [1.54, 1.807) is 0 Å². The van der Waals surface area contributed by atoms with Gasteiger partial charge in [-0.05, 0) is 0 Å². The minimum atomic E-state index is -0.673. The van der Waals surface area contributed by atoms with E-state index in [2.05, 4.69) is 10.6 Å². The molecule has 0 saturated carbocycles. The number of anilines is 2. The second kappa shape index (κ2) is 12.3. The van der Waals surface area contributed by atoms with Gasteiger partial charge in [-0.2, -0.15) is 0 Å². The van der Waals surface area contributed by atoms with E-state index in [-0.39, 0.29) is 74.0 Å². The quantitative estimate of drug-likeness (QED) is 0.445. The summed E-state index contributed by atoms with van der Waals surface area (Å²) in [6, 6.07) is 4.79. The Morgan fingerprint density at radius 1 is 0.649 bits per heavy atom. The minimum absolute atomic E-state index is 0.0263. The second-order valence-corrected chi connectivity index (χ2v) is 7.51. The molecule has 0 bridgehead atoms. The summed E-state index contributed by atoms with van der Waals surface area (Å²) in [5.74, 6) is -0.723. The number of hydrogen-bond donors (Lipinski definition) is 2. The van der Waals surface area contributed by atoms with Crippen LogP contribution >= 0.6 is 0 Å². The molecule has 2 amide bonds. The SMILES string of the molecule is CC(=O)Nc1cc2c(cc1[N+](=O)[O-])OCCOCCOc1cc(NC(C)=O)c([N+](=O)[O-])cc1OCCO2. The zero-order chi connectivity index (χ0) is 26.9. The van der Waals surface area contributed by atoms with Crippen molar-refractivity contribution < 1.29 is 43.1 Å². The fraction of sp³-hybridized carbons (Fsp3) is 0.364. The Bertz CT molecular complexity index is 1200. The second-order valence-electron chi connectivity index (χ2n) is 7.51. The summed E-state index contributed by atoms with van der Waals surface area (Å²) < 4.78 is 28.1. The van der Waals surface area contributed by atoms with E-state index in [1.807, 2.05) is 0 Å². The van der Waals surface area contributed by atoms with Gasteiger partial charge in [0.2, 0.25) is 11.8 Å². The van der Waals surface area contributed by atoms with Gasteiger partial charge in [0, 0.05) is 26.0 Å². The van der Waals surface area contributed by atoms with E-state index in [0.29, 0.717) is 0 Å². The molecule has 0 spiro atoms. The normalized spacial score (nSPS) is 13.9. The van der Waals surface area contributed by atoms with Crippen molar-refractivity contribution in [2.45, 2.75) is 13.8 Å². The Balaban J connectivity index is 1.90. The maximum absolute atomic E-state index is 11.5. The molecule has 0 atom stereocenters. The molecule has 198 valence electrons. The lowest BCUT2D eigenvalue weighted by Gasteiger charge is -2.16. The monoisotopic (exact) mass is 520 g/mol. The zero-order valence-electron chi connectivity index (χ0n) is 19.9. The van der Waals surface area contributed by atoms with Crippen molar-refractivity contribution in [3.8, 4) is 23.0 Å². The standard InChI is InChI=1S/C22H24N4O11/c1-13(27)23-15-9-19-22(12-18(15)26(31)32)37-8-7-36-20-10-16(24-14(2)28)17(25(29)30)11-21(20)35-6-4-33-3-5-34-19/h9-12H,3-8H2,1-2H3,(H,23,27)(H,24,28). The minimum Gasteiger partial charge on any atom is -0.487 e. The van der Waals surface area contributed by atoms with Crippen molar-refractivity contribution >= 4 is 34.6 Å². The molecule has 2 N–H and O–H groups in total. The Kier molecular flexibility index (Phi) is 8.99. The highest BCUT2D eigenvalue weighted by Crippen LogP contribution is 2.39. The number of fused-ring (bicyclic) bond motifs is 2. The van der Waals surface area contributed by atoms with Gasteiger partial charge in [0.25, 0.3) is 11.4 Å². The number of carbonyl (C=O) groups is 2. The maximum atomic E-state index is 11.5. The number of benzene rings is 2. The van der Waals surface area contributed by atoms with E-state index in [1.165, 1.54) is 26.0 Å². The van der Waals surface area contributed by atoms with Gasteiger partial charge in [-0.1, -0.05) is 0 Å². The highest BCUT2D eigenvalue weighted by molar-refractivity contribution is 5.92. The summed E-state index contributed by atoms with van der Waals surface area (Å²) in [5, 5.41) is 27.8. The summed E-state index contributed by atoms with van der Waals surface area (Å²) in [5.41, 5.74) is -0.949. The highest BCUT2D eigenvalue weighted by Gasteiger charge is 2.23. The molecule has 0 unspecified atom stereocenters. The van der Waals surface area contributed by atoms with Crippen LogP contribution in [0.25, 0.3) is 0 Å². The van der Waals surface area contributed by atoms with Gasteiger partial charge in [0.05, 0.1) is 35.2 Å². The van der Waals surface area contributed by atoms with Crippen LogP contribution in [0.4, 0.5) is 22.7 Å². The maximum Gasteiger partial charge on any atom is 0.296 e. The average Bonchev–Trinajstić information content (AvgIpc) is 2.81. The number of ether oxygens (including phenoxy) is 5. The molecule has 1 aliphatic heterocycles. The van der Waals surface area contributed by atoms with Gasteiger partial charge in [-0.3, -0.25) is 29.8 Å². The van der Waals surface area contributed by atoms with Gasteiger partial charge in [0.1, 0.15) is 37.8 Å². The molecular weight excluding hydrogens is 496 g/mol. The van der Waals surface area contributed by atoms with Crippen molar-refractivity contribution in [2.24, 2.45) is 0 Å². The van der Waals surface area contributed by atoms with Gasteiger partial charge < -0.3 is 34.3 Å². The molecule has 37 heavy (non-hydrogen) atoms. The first-order valence-corrected chi connectivity index (χ1v) is 10.9. The van der Waals surface area contributed by atoms with Crippen LogP contribution in [-0.4, -0.2) is 61.3 Å². The molecule has 15 heteroatoms. The predicted octanol–water partition coefficient (Wildman–Crippen LogP) is 2.67. The molecule has 1 aliphatic rings. The molecule has 0 fully saturated rings. The van der Waals surface area contributed by atoms with Crippen LogP contribution in [0.5, 0.6) is 23.0 Å². The fourth-order valence-corrected chi connectivity index (χ4v) is 3.26. The zero-order valence-corrected chi connectivity index (χ0v) is 19.9. The topological polar surface area (TPSA) is 191 Å². The predicted molar refractivity (Wildman–Crippen MR) is 128 cm³/mol. The van der Waals surface area contributed by atoms with Crippen LogP contribution in [0.15, 0.2) is 24.3 Å². The molecule has 1 heterocycles. The van der Waals surface area contributed by atoms with Crippen LogP contribution in [0, 0.1) is 20.2 Å². The largest absolute Gasteiger partial charge is 0.487 e. The molecule has 0 radical (unpaired) electrons. The molecule has 0 aromatic heterocycles. The molecule has 3 rings (SSSR count). The Morgan fingerprint density at radius 2 is 0.973 bits per heavy atom. The molecule has 0 aliphatic carbocycles. The average molecular weight is 520 g/mol. The van der Waals surface area contributed by atoms with E-state index in [4.69, 9.17) is 23.7 Å². The molecule has 15 nitrogen and oxygen atoms in total. The number of nitro groups is 2. The van der Waals surface area contributed by atoms with Crippen LogP contribution in [0.2, 0.25) is 0 Å². The number of carbonyl (C=O) groups excluding carboxylic acids is 2. The number of nitrogens with one attached hydrogen (secondary N) is 2. The number of amides is 2. The summed E-state index contributed by atoms with van der Waals surface area (Å²) in [6.07, 6.45) is 0. The lowest BCUT2D eigenvalue weighted by atomic mass is 10.2. The van der Waals surface area contributed by atoms with E-state index in [9.17, 15) is 29.8 Å². The summed E-state index contributed by atoms with van der Waals surface area (Å²) in [4.78, 5) is 44.7. The van der Waals surface area contributed by atoms with Crippen molar-refractivity contribution in [2.75, 3.05) is 50.3 Å². The first-order valence-electron chi connectivity index (χ1n) is 10.9. The van der Waals surface area contributed by atoms with Gasteiger partial charge in [-0.25, -0.2) is 0 Å². The van der Waals surface area contributed by atoms with Gasteiger partial charge in [-0.15, -0.1) is 0 Å². The number of nitrogens with zero attached hydrogens (tertiary/aromatic N) is 2. The van der Waals surface area contributed by atoms with Crippen molar-refractivity contribution in [1.29, 1.82) is 0 Å². The Labute approximate surface area is 209 Å². The fourth-order valence-electron chi connectivity index (χ4n) is 3.26. The van der Waals surface area contributed by atoms with Crippen LogP contribution in [-0.2, 0) is 14.3 Å². The van der Waals surface area contributed by atoms with Crippen molar-refractivity contribution in [3.05, 3.63) is 44.5 Å². The van der Waals surface area contributed by atoms with Gasteiger partial charge >= 0.3 is 0 Å². The van der Waals surface area contributed by atoms with E-state index < -0.39 is 33.0 Å². The Morgan fingerprint density at radius 3 is 1.30 bits per heavy atom. The first kappa shape index (κ1) is 26.9. The van der Waals surface area contributed by atoms with Crippen LogP contribution in [0.1, 0.15) is 13.8 Å². The van der Waals surface area contributed by atoms with Crippen LogP contribution < -0.4 is 29.6 Å². The molecule has 2 aromatic rings. The first-order chi connectivity index (χ1) is 17.7. The lowest BCUT2D eigenvalue weighted by molar-refractivity contribution is -0.384. The van der Waals surface area contributed by atoms with E-state index in [0.717, 1.165) is 12.1 Å². The van der Waals surface area contributed by atoms with Gasteiger partial charge in [0.15, 0.2) is 23.0 Å². The summed E-state index contributed by atoms with van der Waals surface area (Å²) >= 11 is 0. The number of rotatable bonds is 4. The Hall–Kier alpha value is -4.66. The van der Waals surface area contributed by atoms with E-state index >= 15 is 0 Å². The molecule has 0 saturated heterocycles. The third kappa shape index (κ3) is 7.41. The smallest absolute Gasteiger partial charge is 0.296 e. The molecular formula is C22H24N4O11. The highest BCUT2D eigenvalue weighted by atomic mass is 16.6. The molecule has 2 aromatic carbocycles. The summed E-state index contributed by atoms with van der Waals surface area (Å²) in [6.45, 7) is 2.49. The third-order valence-corrected chi connectivity index (χ3v) is 4.71. The number of hydrogen-bond acceptors (Lipinski definition) is 11. The number of nitro benzene ring substituents is 2. The third-order valence-electron chi connectivity index (χ3n) is 4.71. The summed E-state index contributed by atoms with van der Waals surface area (Å²) in [7, 11) is 0. The van der Waals surface area contributed by atoms with Crippen molar-refractivity contribution in [3.63, 3.8) is 0 Å². The lowest BCUT2D eigenvalue weighted by Crippen LogP contribution is -2.13. The van der Waals surface area contributed by atoms with Crippen molar-refractivity contribution in [1.82, 2.24) is 0 Å². The van der Waals surface area contributed by atoms with Crippen LogP contribution in [0.3, 0.4) is 0 Å².